The normalized spacial score (nSPS) is 19.6. The van der Waals surface area contributed by atoms with Gasteiger partial charge in [-0.1, -0.05) is 0 Å². The predicted molar refractivity (Wildman–Crippen MR) is 63.9 cm³/mol. The summed E-state index contributed by atoms with van der Waals surface area (Å²) >= 11 is 0. The van der Waals surface area contributed by atoms with Crippen molar-refractivity contribution >= 4 is 5.91 Å². The molecule has 4 nitrogen and oxygen atoms in total. The average molecular weight is 228 g/mol. The zero-order chi connectivity index (χ0) is 12.2. The summed E-state index contributed by atoms with van der Waals surface area (Å²) in [6.07, 6.45) is 3.83. The minimum Gasteiger partial charge on any atom is -0.390 e. The lowest BCUT2D eigenvalue weighted by atomic mass is 9.92. The summed E-state index contributed by atoms with van der Waals surface area (Å²) in [5.41, 5.74) is 4.81. The lowest BCUT2D eigenvalue weighted by molar-refractivity contribution is -0.138. The first-order valence-corrected chi connectivity index (χ1v) is 6.15. The molecule has 16 heavy (non-hydrogen) atoms. The molecule has 1 fully saturated rings. The first-order chi connectivity index (χ1) is 7.44. The van der Waals surface area contributed by atoms with Crippen LogP contribution < -0.4 is 5.73 Å². The Labute approximate surface area is 97.8 Å². The minimum absolute atomic E-state index is 0.115. The van der Waals surface area contributed by atoms with E-state index in [2.05, 4.69) is 0 Å². The number of carbonyl (C=O) groups is 1. The number of piperidine rings is 1. The Bertz CT molecular complexity index is 230. The van der Waals surface area contributed by atoms with Gasteiger partial charge in [-0.05, 0) is 39.5 Å². The number of hydrogen-bond acceptors (Lipinski definition) is 3. The van der Waals surface area contributed by atoms with Crippen molar-refractivity contribution < 1.29 is 9.90 Å². The van der Waals surface area contributed by atoms with Gasteiger partial charge in [0.2, 0.25) is 5.91 Å². The van der Waals surface area contributed by atoms with E-state index >= 15 is 0 Å². The molecule has 0 spiro atoms. The highest BCUT2D eigenvalue weighted by Crippen LogP contribution is 2.19. The zero-order valence-corrected chi connectivity index (χ0v) is 10.4. The fraction of sp³-hybridized carbons (Fsp3) is 0.917. The summed E-state index contributed by atoms with van der Waals surface area (Å²) in [5, 5.41) is 9.74. The second-order valence-corrected chi connectivity index (χ2v) is 5.34. The van der Waals surface area contributed by atoms with Gasteiger partial charge < -0.3 is 15.7 Å². The number of aliphatic hydroxyl groups is 1. The van der Waals surface area contributed by atoms with Gasteiger partial charge in [0.15, 0.2) is 0 Å². The van der Waals surface area contributed by atoms with E-state index in [1.807, 2.05) is 4.90 Å². The van der Waals surface area contributed by atoms with E-state index < -0.39 is 5.60 Å². The fourth-order valence-corrected chi connectivity index (χ4v) is 2.25. The standard InChI is InChI=1S/C12H24N2O2/c1-12(2,16)8-10(9-13)11(15)14-6-4-3-5-7-14/h10,16H,3-9,13H2,1-2H3/t10-/m0/s1. The summed E-state index contributed by atoms with van der Waals surface area (Å²) in [4.78, 5) is 14.0. The van der Waals surface area contributed by atoms with Crippen molar-refractivity contribution in [2.24, 2.45) is 11.7 Å². The maximum atomic E-state index is 12.1. The van der Waals surface area contributed by atoms with Crippen LogP contribution in [0.1, 0.15) is 39.5 Å². The molecule has 0 radical (unpaired) electrons. The van der Waals surface area contributed by atoms with Gasteiger partial charge in [-0.2, -0.15) is 0 Å². The highest BCUT2D eigenvalue weighted by molar-refractivity contribution is 5.79. The summed E-state index contributed by atoms with van der Waals surface area (Å²) in [5.74, 6) is -0.123. The summed E-state index contributed by atoms with van der Waals surface area (Å²) in [6.45, 7) is 5.46. The van der Waals surface area contributed by atoms with E-state index in [1.54, 1.807) is 13.8 Å². The van der Waals surface area contributed by atoms with Gasteiger partial charge in [-0.15, -0.1) is 0 Å². The van der Waals surface area contributed by atoms with Gasteiger partial charge in [0.05, 0.1) is 11.5 Å². The number of amides is 1. The van der Waals surface area contributed by atoms with Gasteiger partial charge in [0.25, 0.3) is 0 Å². The van der Waals surface area contributed by atoms with E-state index in [1.165, 1.54) is 6.42 Å². The first kappa shape index (κ1) is 13.5. The number of nitrogens with two attached hydrogens (primary N) is 1. The van der Waals surface area contributed by atoms with Crippen LogP contribution in [0.25, 0.3) is 0 Å². The van der Waals surface area contributed by atoms with Crippen LogP contribution in [0.5, 0.6) is 0 Å². The molecule has 0 saturated carbocycles. The Morgan fingerprint density at radius 3 is 2.38 bits per heavy atom. The summed E-state index contributed by atoms with van der Waals surface area (Å²) < 4.78 is 0. The molecular weight excluding hydrogens is 204 g/mol. The van der Waals surface area contributed by atoms with Crippen molar-refractivity contribution in [3.8, 4) is 0 Å². The molecule has 0 bridgehead atoms. The van der Waals surface area contributed by atoms with Crippen molar-refractivity contribution in [2.75, 3.05) is 19.6 Å². The predicted octanol–water partition coefficient (Wildman–Crippen LogP) is 0.735. The van der Waals surface area contributed by atoms with Gasteiger partial charge in [0.1, 0.15) is 0 Å². The second kappa shape index (κ2) is 5.64. The van der Waals surface area contributed by atoms with Gasteiger partial charge in [-0.3, -0.25) is 4.79 Å². The highest BCUT2D eigenvalue weighted by Gasteiger charge is 2.29. The van der Waals surface area contributed by atoms with E-state index in [0.717, 1.165) is 25.9 Å². The lowest BCUT2D eigenvalue weighted by Crippen LogP contribution is -2.44. The monoisotopic (exact) mass is 228 g/mol. The molecule has 0 aliphatic carbocycles. The molecule has 1 heterocycles. The van der Waals surface area contributed by atoms with Crippen molar-refractivity contribution in [1.29, 1.82) is 0 Å². The van der Waals surface area contributed by atoms with Crippen molar-refractivity contribution in [2.45, 2.75) is 45.1 Å². The summed E-state index contributed by atoms with van der Waals surface area (Å²) in [7, 11) is 0. The first-order valence-electron chi connectivity index (χ1n) is 6.15. The lowest BCUT2D eigenvalue weighted by Gasteiger charge is -2.32. The largest absolute Gasteiger partial charge is 0.390 e. The van der Waals surface area contributed by atoms with Crippen LogP contribution in [0, 0.1) is 5.92 Å². The smallest absolute Gasteiger partial charge is 0.227 e. The number of rotatable bonds is 4. The van der Waals surface area contributed by atoms with E-state index in [-0.39, 0.29) is 11.8 Å². The number of carbonyl (C=O) groups excluding carboxylic acids is 1. The topological polar surface area (TPSA) is 66.6 Å². The quantitative estimate of drug-likeness (QED) is 0.745. The molecule has 0 aromatic heterocycles. The van der Waals surface area contributed by atoms with Gasteiger partial charge >= 0.3 is 0 Å². The number of likely N-dealkylation sites (tertiary alicyclic amines) is 1. The number of hydrogen-bond donors (Lipinski definition) is 2. The fourth-order valence-electron chi connectivity index (χ4n) is 2.25. The Balaban J connectivity index is 2.54. The van der Waals surface area contributed by atoms with Gasteiger partial charge in [0, 0.05) is 19.6 Å². The molecule has 4 heteroatoms. The molecule has 1 aliphatic rings. The highest BCUT2D eigenvalue weighted by atomic mass is 16.3. The third kappa shape index (κ3) is 4.10. The van der Waals surface area contributed by atoms with Crippen LogP contribution in [-0.2, 0) is 4.79 Å². The zero-order valence-electron chi connectivity index (χ0n) is 10.4. The van der Waals surface area contributed by atoms with E-state index in [0.29, 0.717) is 13.0 Å². The Morgan fingerprint density at radius 2 is 1.94 bits per heavy atom. The Hall–Kier alpha value is -0.610. The SMILES string of the molecule is CC(C)(O)C[C@@H](CN)C(=O)N1CCCCC1. The van der Waals surface area contributed by atoms with E-state index in [4.69, 9.17) is 5.73 Å². The molecule has 1 saturated heterocycles. The summed E-state index contributed by atoms with van der Waals surface area (Å²) in [6, 6.07) is 0. The molecule has 1 atom stereocenters. The van der Waals surface area contributed by atoms with Crippen LogP contribution in [0.3, 0.4) is 0 Å². The third-order valence-electron chi connectivity index (χ3n) is 3.05. The number of nitrogens with zero attached hydrogens (tertiary/aromatic N) is 1. The minimum atomic E-state index is -0.824. The Morgan fingerprint density at radius 1 is 1.38 bits per heavy atom. The van der Waals surface area contributed by atoms with Crippen LogP contribution >= 0.6 is 0 Å². The molecule has 0 unspecified atom stereocenters. The molecular formula is C12H24N2O2. The van der Waals surface area contributed by atoms with Crippen LogP contribution in [0.15, 0.2) is 0 Å². The van der Waals surface area contributed by atoms with Crippen molar-refractivity contribution in [1.82, 2.24) is 4.90 Å². The molecule has 1 aliphatic heterocycles. The van der Waals surface area contributed by atoms with Crippen molar-refractivity contribution in [3.05, 3.63) is 0 Å². The maximum absolute atomic E-state index is 12.1. The van der Waals surface area contributed by atoms with Crippen LogP contribution in [0.2, 0.25) is 0 Å². The molecule has 0 aromatic rings. The second-order valence-electron chi connectivity index (χ2n) is 5.34. The van der Waals surface area contributed by atoms with Crippen LogP contribution in [0.4, 0.5) is 0 Å². The van der Waals surface area contributed by atoms with Crippen LogP contribution in [-0.4, -0.2) is 41.1 Å². The molecule has 1 rings (SSSR count). The molecule has 1 amide bonds. The molecule has 3 N–H and O–H groups in total. The molecule has 94 valence electrons. The van der Waals surface area contributed by atoms with Crippen molar-refractivity contribution in [3.63, 3.8) is 0 Å². The van der Waals surface area contributed by atoms with Gasteiger partial charge in [-0.25, -0.2) is 0 Å². The Kier molecular flexibility index (Phi) is 4.74. The third-order valence-corrected chi connectivity index (χ3v) is 3.05. The average Bonchev–Trinajstić information content (AvgIpc) is 2.25. The molecule has 0 aromatic carbocycles. The van der Waals surface area contributed by atoms with E-state index in [9.17, 15) is 9.90 Å². The maximum Gasteiger partial charge on any atom is 0.227 e.